The van der Waals surface area contributed by atoms with E-state index in [0.29, 0.717) is 44.1 Å². The first-order valence-electron chi connectivity index (χ1n) is 10.2. The number of carbonyl (C=O) groups excluding carboxylic acids is 1. The van der Waals surface area contributed by atoms with Gasteiger partial charge in [0, 0.05) is 30.5 Å². The Morgan fingerprint density at radius 2 is 1.90 bits per heavy atom. The summed E-state index contributed by atoms with van der Waals surface area (Å²) < 4.78 is 17.4. The van der Waals surface area contributed by atoms with Crippen LogP contribution in [0, 0.1) is 0 Å². The van der Waals surface area contributed by atoms with Crippen molar-refractivity contribution in [2.24, 2.45) is 0 Å². The van der Waals surface area contributed by atoms with Crippen molar-refractivity contribution in [2.45, 2.75) is 18.9 Å². The molecule has 7 heteroatoms. The van der Waals surface area contributed by atoms with Crippen LogP contribution in [0.4, 0.5) is 0 Å². The van der Waals surface area contributed by atoms with Crippen molar-refractivity contribution in [2.75, 3.05) is 47.1 Å². The molecule has 0 radical (unpaired) electrons. The average Bonchev–Trinajstić information content (AvgIpc) is 2.78. The number of nitrogens with zero attached hydrogens (tertiary/aromatic N) is 1. The summed E-state index contributed by atoms with van der Waals surface area (Å²) in [6.07, 6.45) is 1.17. The van der Waals surface area contributed by atoms with Crippen LogP contribution in [0.5, 0.6) is 11.5 Å². The number of aryl methyl sites for hydroxylation is 1. The van der Waals surface area contributed by atoms with Gasteiger partial charge in [0.2, 0.25) is 5.91 Å². The minimum Gasteiger partial charge on any atom is -0.493 e. The number of nitrogens with one attached hydrogen (secondary N) is 1. The number of halogens is 1. The van der Waals surface area contributed by atoms with Gasteiger partial charge >= 0.3 is 0 Å². The molecule has 1 amide bonds. The van der Waals surface area contributed by atoms with Crippen molar-refractivity contribution in [1.29, 1.82) is 0 Å². The van der Waals surface area contributed by atoms with Crippen molar-refractivity contribution in [3.63, 3.8) is 0 Å². The summed E-state index contributed by atoms with van der Waals surface area (Å²) in [7, 11) is 3.26. The predicted molar refractivity (Wildman–Crippen MR) is 120 cm³/mol. The van der Waals surface area contributed by atoms with E-state index < -0.39 is 0 Å². The maximum absolute atomic E-state index is 12.5. The zero-order valence-corrected chi connectivity index (χ0v) is 19.1. The molecular formula is C23H29BrN2O4. The van der Waals surface area contributed by atoms with Crippen LogP contribution in [0.2, 0.25) is 0 Å². The monoisotopic (exact) mass is 476 g/mol. The first kappa shape index (κ1) is 22.6. The molecule has 1 unspecified atom stereocenters. The van der Waals surface area contributed by atoms with Crippen LogP contribution in [0.15, 0.2) is 46.9 Å². The van der Waals surface area contributed by atoms with Crippen molar-refractivity contribution in [3.8, 4) is 11.5 Å². The summed E-state index contributed by atoms with van der Waals surface area (Å²) in [4.78, 5) is 14.9. The van der Waals surface area contributed by atoms with Crippen molar-refractivity contribution in [3.05, 3.63) is 58.1 Å². The van der Waals surface area contributed by atoms with Crippen molar-refractivity contribution < 1.29 is 19.0 Å². The number of hydrogen-bond acceptors (Lipinski definition) is 5. The van der Waals surface area contributed by atoms with Gasteiger partial charge < -0.3 is 19.5 Å². The number of ether oxygens (including phenoxy) is 3. The molecule has 1 aliphatic heterocycles. The lowest BCUT2D eigenvalue weighted by Gasteiger charge is -2.35. The van der Waals surface area contributed by atoms with Crippen LogP contribution in [0.25, 0.3) is 0 Å². The number of carbonyl (C=O) groups is 1. The van der Waals surface area contributed by atoms with Gasteiger partial charge in [0.1, 0.15) is 0 Å². The Kier molecular flexibility index (Phi) is 8.54. The highest BCUT2D eigenvalue weighted by atomic mass is 79.9. The number of morpholine rings is 1. The minimum absolute atomic E-state index is 0.0449. The minimum atomic E-state index is 0.0449. The largest absolute Gasteiger partial charge is 0.493 e. The molecule has 2 aromatic rings. The highest BCUT2D eigenvalue weighted by Crippen LogP contribution is 2.32. The highest BCUT2D eigenvalue weighted by Gasteiger charge is 2.24. The van der Waals surface area contributed by atoms with Gasteiger partial charge in [-0.25, -0.2) is 0 Å². The second-order valence-electron chi connectivity index (χ2n) is 7.21. The van der Waals surface area contributed by atoms with Gasteiger partial charge in [0.05, 0.1) is 33.5 Å². The van der Waals surface area contributed by atoms with Crippen molar-refractivity contribution in [1.82, 2.24) is 10.2 Å². The SMILES string of the molecule is COc1ccc(C(CNC(=O)CCc2cccc(Br)c2)N2CCOCC2)cc1OC. The van der Waals surface area contributed by atoms with E-state index in [-0.39, 0.29) is 11.9 Å². The molecule has 1 atom stereocenters. The van der Waals surface area contributed by atoms with Gasteiger partial charge in [0.15, 0.2) is 11.5 Å². The lowest BCUT2D eigenvalue weighted by Crippen LogP contribution is -2.43. The number of benzene rings is 2. The number of methoxy groups -OCH3 is 2. The smallest absolute Gasteiger partial charge is 0.220 e. The van der Waals surface area contributed by atoms with E-state index in [1.165, 1.54) is 0 Å². The molecule has 1 heterocycles. The Balaban J connectivity index is 1.66. The average molecular weight is 477 g/mol. The molecule has 1 fully saturated rings. The molecule has 0 bridgehead atoms. The van der Waals surface area contributed by atoms with Gasteiger partial charge in [-0.15, -0.1) is 0 Å². The third-order valence-electron chi connectivity index (χ3n) is 5.30. The number of hydrogen-bond donors (Lipinski definition) is 1. The fourth-order valence-electron chi connectivity index (χ4n) is 3.66. The zero-order valence-electron chi connectivity index (χ0n) is 17.5. The van der Waals surface area contributed by atoms with Crippen LogP contribution < -0.4 is 14.8 Å². The summed E-state index contributed by atoms with van der Waals surface area (Å²) in [6.45, 7) is 3.58. The third kappa shape index (κ3) is 6.20. The molecule has 2 aromatic carbocycles. The molecular weight excluding hydrogens is 448 g/mol. The lowest BCUT2D eigenvalue weighted by atomic mass is 10.0. The fourth-order valence-corrected chi connectivity index (χ4v) is 4.10. The van der Waals surface area contributed by atoms with Gasteiger partial charge in [-0.1, -0.05) is 34.1 Å². The number of amides is 1. The fraction of sp³-hybridized carbons (Fsp3) is 0.435. The van der Waals surface area contributed by atoms with E-state index in [1.807, 2.05) is 42.5 Å². The lowest BCUT2D eigenvalue weighted by molar-refractivity contribution is -0.121. The van der Waals surface area contributed by atoms with Gasteiger partial charge in [-0.3, -0.25) is 9.69 Å². The van der Waals surface area contributed by atoms with E-state index in [9.17, 15) is 4.79 Å². The second kappa shape index (κ2) is 11.3. The molecule has 1 aliphatic rings. The van der Waals surface area contributed by atoms with Crippen LogP contribution in [-0.4, -0.2) is 57.9 Å². The summed E-state index contributed by atoms with van der Waals surface area (Å²) in [6, 6.07) is 14.1. The Labute approximate surface area is 186 Å². The summed E-state index contributed by atoms with van der Waals surface area (Å²) in [5, 5.41) is 3.12. The Hall–Kier alpha value is -2.09. The van der Waals surface area contributed by atoms with E-state index in [0.717, 1.165) is 28.7 Å². The normalized spacial score (nSPS) is 15.4. The third-order valence-corrected chi connectivity index (χ3v) is 5.79. The Morgan fingerprint density at radius 1 is 1.13 bits per heavy atom. The first-order chi connectivity index (χ1) is 14.6. The van der Waals surface area contributed by atoms with Gasteiger partial charge in [-0.05, 0) is 41.8 Å². The molecule has 0 saturated carbocycles. The molecule has 162 valence electrons. The predicted octanol–water partition coefficient (Wildman–Crippen LogP) is 3.59. The topological polar surface area (TPSA) is 60.0 Å². The van der Waals surface area contributed by atoms with E-state index in [4.69, 9.17) is 14.2 Å². The Bertz CT molecular complexity index is 840. The van der Waals surface area contributed by atoms with E-state index in [1.54, 1.807) is 14.2 Å². The summed E-state index contributed by atoms with van der Waals surface area (Å²) >= 11 is 3.48. The molecule has 0 aromatic heterocycles. The standard InChI is InChI=1S/C23H29BrN2O4/c1-28-21-8-7-18(15-22(21)29-2)20(26-10-12-30-13-11-26)16-25-23(27)9-6-17-4-3-5-19(24)14-17/h3-5,7-8,14-15,20H,6,9-13,16H2,1-2H3,(H,25,27). The van der Waals surface area contributed by atoms with Crippen LogP contribution in [0.3, 0.4) is 0 Å². The van der Waals surface area contributed by atoms with Crippen molar-refractivity contribution >= 4 is 21.8 Å². The molecule has 0 spiro atoms. The van der Waals surface area contributed by atoms with Gasteiger partial charge in [-0.2, -0.15) is 0 Å². The molecule has 1 N–H and O–H groups in total. The maximum atomic E-state index is 12.5. The first-order valence-corrected chi connectivity index (χ1v) is 10.9. The van der Waals surface area contributed by atoms with E-state index in [2.05, 4.69) is 26.1 Å². The number of rotatable bonds is 9. The molecule has 0 aliphatic carbocycles. The quantitative estimate of drug-likeness (QED) is 0.599. The maximum Gasteiger partial charge on any atom is 0.220 e. The van der Waals surface area contributed by atoms with Crippen LogP contribution in [0.1, 0.15) is 23.6 Å². The summed E-state index contributed by atoms with van der Waals surface area (Å²) in [5.41, 5.74) is 2.23. The summed E-state index contributed by atoms with van der Waals surface area (Å²) in [5.74, 6) is 1.43. The molecule has 6 nitrogen and oxygen atoms in total. The van der Waals surface area contributed by atoms with Crippen LogP contribution in [-0.2, 0) is 16.0 Å². The van der Waals surface area contributed by atoms with E-state index >= 15 is 0 Å². The molecule has 1 saturated heterocycles. The highest BCUT2D eigenvalue weighted by molar-refractivity contribution is 9.10. The Morgan fingerprint density at radius 3 is 2.60 bits per heavy atom. The van der Waals surface area contributed by atoms with Gasteiger partial charge in [0.25, 0.3) is 0 Å². The zero-order chi connectivity index (χ0) is 21.3. The second-order valence-corrected chi connectivity index (χ2v) is 8.13. The molecule has 30 heavy (non-hydrogen) atoms. The molecule has 3 rings (SSSR count). The van der Waals surface area contributed by atoms with Crippen LogP contribution >= 0.6 is 15.9 Å².